The second-order valence-corrected chi connectivity index (χ2v) is 7.72. The van der Waals surface area contributed by atoms with Crippen molar-refractivity contribution in [2.45, 2.75) is 39.0 Å². The number of benzene rings is 2. The molecule has 0 bridgehead atoms. The van der Waals surface area contributed by atoms with Crippen molar-refractivity contribution < 1.29 is 9.53 Å². The quantitative estimate of drug-likeness (QED) is 0.616. The summed E-state index contributed by atoms with van der Waals surface area (Å²) in [6, 6.07) is 13.1. The van der Waals surface area contributed by atoms with E-state index in [1.807, 2.05) is 12.1 Å². The summed E-state index contributed by atoms with van der Waals surface area (Å²) in [5, 5.41) is 3.68. The lowest BCUT2D eigenvalue weighted by Gasteiger charge is -2.19. The van der Waals surface area contributed by atoms with Crippen molar-refractivity contribution in [2.75, 3.05) is 11.9 Å². The maximum absolute atomic E-state index is 11.9. The van der Waals surface area contributed by atoms with Crippen LogP contribution in [0, 0.1) is 0 Å². The summed E-state index contributed by atoms with van der Waals surface area (Å²) in [5.74, 6) is 0.739. The molecule has 0 saturated heterocycles. The van der Waals surface area contributed by atoms with E-state index in [-0.39, 0.29) is 11.3 Å². The molecule has 2 aromatic carbocycles. The minimum Gasteiger partial charge on any atom is -0.494 e. The molecule has 3 nitrogen and oxygen atoms in total. The van der Waals surface area contributed by atoms with Crippen molar-refractivity contribution >= 4 is 34.8 Å². The van der Waals surface area contributed by atoms with E-state index in [0.29, 0.717) is 35.2 Å². The largest absolute Gasteiger partial charge is 0.494 e. The predicted octanol–water partition coefficient (Wildman–Crippen LogP) is 6.09. The molecule has 2 aromatic rings. The van der Waals surface area contributed by atoms with Gasteiger partial charge in [-0.25, -0.2) is 0 Å². The Bertz CT molecular complexity index is 721. The number of ether oxygens (including phenoxy) is 1. The molecule has 0 saturated carbocycles. The SMILES string of the molecule is CC(C)(C)c1ccc(OCCCC(=O)Nc2ccc(Cl)c(Cl)c2)cc1. The van der Waals surface area contributed by atoms with Gasteiger partial charge in [0.2, 0.25) is 5.91 Å². The third-order valence-electron chi connectivity index (χ3n) is 3.74. The molecule has 0 atom stereocenters. The van der Waals surface area contributed by atoms with Crippen LogP contribution in [0.25, 0.3) is 0 Å². The van der Waals surface area contributed by atoms with Gasteiger partial charge in [0.1, 0.15) is 5.75 Å². The molecule has 134 valence electrons. The van der Waals surface area contributed by atoms with Gasteiger partial charge < -0.3 is 10.1 Å². The van der Waals surface area contributed by atoms with Gasteiger partial charge in [-0.3, -0.25) is 4.79 Å². The molecule has 0 aromatic heterocycles. The van der Waals surface area contributed by atoms with Gasteiger partial charge in [0.05, 0.1) is 16.7 Å². The highest BCUT2D eigenvalue weighted by molar-refractivity contribution is 6.42. The zero-order chi connectivity index (χ0) is 18.4. The van der Waals surface area contributed by atoms with Crippen molar-refractivity contribution in [1.29, 1.82) is 0 Å². The highest BCUT2D eigenvalue weighted by Crippen LogP contribution is 2.25. The molecule has 0 heterocycles. The number of carbonyl (C=O) groups is 1. The van der Waals surface area contributed by atoms with E-state index in [9.17, 15) is 4.79 Å². The summed E-state index contributed by atoms with van der Waals surface area (Å²) in [4.78, 5) is 11.9. The highest BCUT2D eigenvalue weighted by Gasteiger charge is 2.13. The van der Waals surface area contributed by atoms with E-state index >= 15 is 0 Å². The first kappa shape index (κ1) is 19.6. The summed E-state index contributed by atoms with van der Waals surface area (Å²) in [6.45, 7) is 7.02. The lowest BCUT2D eigenvalue weighted by molar-refractivity contribution is -0.116. The normalized spacial score (nSPS) is 11.2. The molecule has 25 heavy (non-hydrogen) atoms. The van der Waals surface area contributed by atoms with Gasteiger partial charge in [-0.1, -0.05) is 56.1 Å². The Balaban J connectivity index is 1.73. The van der Waals surface area contributed by atoms with E-state index < -0.39 is 0 Å². The number of nitrogens with one attached hydrogen (secondary N) is 1. The molecule has 5 heteroatoms. The van der Waals surface area contributed by atoms with Gasteiger partial charge in [-0.15, -0.1) is 0 Å². The lowest BCUT2D eigenvalue weighted by Crippen LogP contribution is -2.13. The monoisotopic (exact) mass is 379 g/mol. The van der Waals surface area contributed by atoms with E-state index in [0.717, 1.165) is 5.75 Å². The second-order valence-electron chi connectivity index (χ2n) is 6.90. The maximum atomic E-state index is 11.9. The number of carbonyl (C=O) groups excluding carboxylic acids is 1. The molecule has 2 rings (SSSR count). The van der Waals surface area contributed by atoms with E-state index in [4.69, 9.17) is 27.9 Å². The van der Waals surface area contributed by atoms with Gasteiger partial charge in [0.15, 0.2) is 0 Å². The lowest BCUT2D eigenvalue weighted by atomic mass is 9.87. The Labute approximate surface area is 159 Å². The Morgan fingerprint density at radius 3 is 2.32 bits per heavy atom. The number of hydrogen-bond acceptors (Lipinski definition) is 2. The fraction of sp³-hybridized carbons (Fsp3) is 0.350. The minimum absolute atomic E-state index is 0.0786. The van der Waals surface area contributed by atoms with Crippen molar-refractivity contribution in [3.8, 4) is 5.75 Å². The molecule has 0 aliphatic carbocycles. The Morgan fingerprint density at radius 2 is 1.72 bits per heavy atom. The maximum Gasteiger partial charge on any atom is 0.224 e. The molecule has 0 aliphatic heterocycles. The topological polar surface area (TPSA) is 38.3 Å². The average Bonchev–Trinajstić information content (AvgIpc) is 2.55. The van der Waals surface area contributed by atoms with E-state index in [1.165, 1.54) is 5.56 Å². The van der Waals surface area contributed by atoms with Crippen LogP contribution >= 0.6 is 23.2 Å². The molecule has 0 unspecified atom stereocenters. The van der Waals surface area contributed by atoms with Crippen LogP contribution in [0.15, 0.2) is 42.5 Å². The van der Waals surface area contributed by atoms with Gasteiger partial charge >= 0.3 is 0 Å². The van der Waals surface area contributed by atoms with E-state index in [1.54, 1.807) is 18.2 Å². The summed E-state index contributed by atoms with van der Waals surface area (Å²) >= 11 is 11.8. The van der Waals surface area contributed by atoms with Crippen LogP contribution < -0.4 is 10.1 Å². The summed E-state index contributed by atoms with van der Waals surface area (Å²) in [6.07, 6.45) is 1.01. The number of amides is 1. The smallest absolute Gasteiger partial charge is 0.224 e. The average molecular weight is 380 g/mol. The standard InChI is InChI=1S/C20H23Cl2NO2/c1-20(2,3)14-6-9-16(10-7-14)25-12-4-5-19(24)23-15-8-11-17(21)18(22)13-15/h6-11,13H,4-5,12H2,1-3H3,(H,23,24). The van der Waals surface area contributed by atoms with Crippen molar-refractivity contribution in [2.24, 2.45) is 0 Å². The first-order valence-corrected chi connectivity index (χ1v) is 8.99. The fourth-order valence-electron chi connectivity index (χ4n) is 2.27. The van der Waals surface area contributed by atoms with Crippen molar-refractivity contribution in [1.82, 2.24) is 0 Å². The predicted molar refractivity (Wildman–Crippen MR) is 105 cm³/mol. The number of hydrogen-bond donors (Lipinski definition) is 1. The molecule has 0 aliphatic rings. The summed E-state index contributed by atoms with van der Waals surface area (Å²) in [7, 11) is 0. The molecule has 1 N–H and O–H groups in total. The van der Waals surface area contributed by atoms with Gasteiger partial charge in [-0.2, -0.15) is 0 Å². The number of anilines is 1. The van der Waals surface area contributed by atoms with Crippen LogP contribution in [0.3, 0.4) is 0 Å². The third-order valence-corrected chi connectivity index (χ3v) is 4.48. The molecule has 0 spiro atoms. The molecule has 1 amide bonds. The first-order chi connectivity index (χ1) is 11.8. The van der Waals surface area contributed by atoms with Gasteiger partial charge in [0, 0.05) is 12.1 Å². The molecular formula is C20H23Cl2NO2. The Hall–Kier alpha value is -1.71. The Morgan fingerprint density at radius 1 is 1.04 bits per heavy atom. The molecular weight excluding hydrogens is 357 g/mol. The second kappa shape index (κ2) is 8.59. The van der Waals surface area contributed by atoms with Gasteiger partial charge in [-0.05, 0) is 47.7 Å². The molecule has 0 fully saturated rings. The zero-order valence-electron chi connectivity index (χ0n) is 14.7. The van der Waals surface area contributed by atoms with Crippen LogP contribution in [0.2, 0.25) is 10.0 Å². The number of halogens is 2. The van der Waals surface area contributed by atoms with Crippen molar-refractivity contribution in [3.05, 3.63) is 58.1 Å². The van der Waals surface area contributed by atoms with Crippen LogP contribution in [-0.4, -0.2) is 12.5 Å². The molecule has 0 radical (unpaired) electrons. The summed E-state index contributed by atoms with van der Waals surface area (Å²) < 4.78 is 5.69. The summed E-state index contributed by atoms with van der Waals surface area (Å²) in [5.41, 5.74) is 2.03. The van der Waals surface area contributed by atoms with Crippen molar-refractivity contribution in [3.63, 3.8) is 0 Å². The van der Waals surface area contributed by atoms with Crippen LogP contribution in [0.1, 0.15) is 39.2 Å². The zero-order valence-corrected chi connectivity index (χ0v) is 16.2. The fourth-order valence-corrected chi connectivity index (χ4v) is 2.57. The number of rotatable bonds is 6. The highest BCUT2D eigenvalue weighted by atomic mass is 35.5. The third kappa shape index (κ3) is 6.26. The van der Waals surface area contributed by atoms with Gasteiger partial charge in [0.25, 0.3) is 0 Å². The first-order valence-electron chi connectivity index (χ1n) is 8.24. The van der Waals surface area contributed by atoms with Crippen LogP contribution in [0.5, 0.6) is 5.75 Å². The van der Waals surface area contributed by atoms with Crippen LogP contribution in [0.4, 0.5) is 5.69 Å². The minimum atomic E-state index is -0.0786. The van der Waals surface area contributed by atoms with Crippen LogP contribution in [-0.2, 0) is 10.2 Å². The Kier molecular flexibility index (Phi) is 6.74. The van der Waals surface area contributed by atoms with E-state index in [2.05, 4.69) is 38.2 Å².